The van der Waals surface area contributed by atoms with E-state index in [0.717, 1.165) is 28.3 Å². The average Bonchev–Trinajstić information content (AvgIpc) is 2.64. The van der Waals surface area contributed by atoms with Gasteiger partial charge in [0.25, 0.3) is 5.91 Å². The van der Waals surface area contributed by atoms with E-state index < -0.39 is 0 Å². The largest absolute Gasteiger partial charge is 0.399 e. The summed E-state index contributed by atoms with van der Waals surface area (Å²) in [5, 5.41) is 6.36. The van der Waals surface area contributed by atoms with E-state index in [0.29, 0.717) is 11.3 Å². The van der Waals surface area contributed by atoms with Crippen molar-refractivity contribution in [1.82, 2.24) is 0 Å². The molecule has 0 heterocycles. The van der Waals surface area contributed by atoms with Gasteiger partial charge >= 0.3 is 0 Å². The van der Waals surface area contributed by atoms with E-state index in [1.54, 1.807) is 24.3 Å². The van der Waals surface area contributed by atoms with Crippen LogP contribution in [-0.4, -0.2) is 20.0 Å². The molecule has 3 rings (SSSR count). The number of anilines is 5. The van der Waals surface area contributed by atoms with E-state index in [4.69, 9.17) is 5.73 Å². The fourth-order valence-electron chi connectivity index (χ4n) is 2.74. The van der Waals surface area contributed by atoms with E-state index >= 15 is 0 Å². The van der Waals surface area contributed by atoms with Gasteiger partial charge in [-0.25, -0.2) is 0 Å². The van der Waals surface area contributed by atoms with Gasteiger partial charge in [0.1, 0.15) is 0 Å². The number of hydrogen-bond acceptors (Lipinski definition) is 4. The molecule has 1 amide bonds. The third-order valence-electron chi connectivity index (χ3n) is 4.29. The van der Waals surface area contributed by atoms with Crippen LogP contribution in [0.4, 0.5) is 28.4 Å². The molecule has 0 aromatic heterocycles. The van der Waals surface area contributed by atoms with Crippen molar-refractivity contribution in [1.29, 1.82) is 0 Å². The molecule has 0 unspecified atom stereocenters. The van der Waals surface area contributed by atoms with E-state index in [-0.39, 0.29) is 5.91 Å². The van der Waals surface area contributed by atoms with Gasteiger partial charge in [-0.2, -0.15) is 0 Å². The summed E-state index contributed by atoms with van der Waals surface area (Å²) in [6, 6.07) is 21.0. The second-order valence-corrected chi connectivity index (χ2v) is 6.68. The summed E-state index contributed by atoms with van der Waals surface area (Å²) in [6.45, 7) is 1.96. The number of carbonyl (C=O) groups excluding carboxylic acids is 1. The Bertz CT molecular complexity index is 966. The maximum Gasteiger partial charge on any atom is 0.255 e. The van der Waals surface area contributed by atoms with Crippen molar-refractivity contribution < 1.29 is 4.79 Å². The normalized spacial score (nSPS) is 10.3. The molecule has 0 spiro atoms. The molecule has 0 saturated carbocycles. The highest BCUT2D eigenvalue weighted by Crippen LogP contribution is 2.26. The zero-order valence-electron chi connectivity index (χ0n) is 15.8. The molecule has 4 N–H and O–H groups in total. The lowest BCUT2D eigenvalue weighted by molar-refractivity contribution is 0.102. The van der Waals surface area contributed by atoms with Crippen molar-refractivity contribution in [2.24, 2.45) is 0 Å². The quantitative estimate of drug-likeness (QED) is 0.580. The lowest BCUT2D eigenvalue weighted by atomic mass is 10.1. The van der Waals surface area contributed by atoms with Crippen LogP contribution < -0.4 is 21.3 Å². The van der Waals surface area contributed by atoms with Crippen molar-refractivity contribution in [3.8, 4) is 0 Å². The number of rotatable bonds is 5. The van der Waals surface area contributed by atoms with Crippen molar-refractivity contribution in [2.45, 2.75) is 6.92 Å². The number of carbonyl (C=O) groups is 1. The topological polar surface area (TPSA) is 70.4 Å². The summed E-state index contributed by atoms with van der Waals surface area (Å²) < 4.78 is 0. The molecule has 0 atom stereocenters. The minimum Gasteiger partial charge on any atom is -0.399 e. The van der Waals surface area contributed by atoms with E-state index in [2.05, 4.69) is 27.7 Å². The highest BCUT2D eigenvalue weighted by Gasteiger charge is 2.09. The molecular weight excluding hydrogens is 336 g/mol. The van der Waals surface area contributed by atoms with Crippen LogP contribution in [0, 0.1) is 6.92 Å². The Kier molecular flexibility index (Phi) is 5.31. The van der Waals surface area contributed by atoms with Gasteiger partial charge in [0.05, 0.1) is 0 Å². The van der Waals surface area contributed by atoms with Gasteiger partial charge in [-0.15, -0.1) is 0 Å². The van der Waals surface area contributed by atoms with E-state index in [9.17, 15) is 4.79 Å². The summed E-state index contributed by atoms with van der Waals surface area (Å²) in [7, 11) is 4.02. The summed E-state index contributed by atoms with van der Waals surface area (Å²) in [5.41, 5.74) is 11.6. The third-order valence-corrected chi connectivity index (χ3v) is 4.29. The van der Waals surface area contributed by atoms with Crippen LogP contribution in [-0.2, 0) is 0 Å². The van der Waals surface area contributed by atoms with Crippen molar-refractivity contribution in [3.05, 3.63) is 77.9 Å². The number of amides is 1. The molecule has 0 bridgehead atoms. The molecule has 5 nitrogen and oxygen atoms in total. The number of nitrogens with zero attached hydrogens (tertiary/aromatic N) is 1. The predicted molar refractivity (Wildman–Crippen MR) is 114 cm³/mol. The van der Waals surface area contributed by atoms with Crippen LogP contribution in [0.1, 0.15) is 15.9 Å². The number of nitrogens with two attached hydrogens (primary N) is 1. The molecule has 0 aliphatic heterocycles. The minimum atomic E-state index is -0.183. The van der Waals surface area contributed by atoms with Crippen molar-refractivity contribution >= 4 is 34.3 Å². The first-order valence-corrected chi connectivity index (χ1v) is 8.74. The monoisotopic (exact) mass is 360 g/mol. The Labute approximate surface area is 159 Å². The number of aryl methyl sites for hydroxylation is 1. The zero-order chi connectivity index (χ0) is 19.4. The van der Waals surface area contributed by atoms with Gasteiger partial charge in [-0.3, -0.25) is 4.79 Å². The Morgan fingerprint density at radius 3 is 2.41 bits per heavy atom. The van der Waals surface area contributed by atoms with Crippen LogP contribution in [0.2, 0.25) is 0 Å². The number of nitrogens with one attached hydrogen (secondary N) is 2. The Morgan fingerprint density at radius 2 is 1.67 bits per heavy atom. The highest BCUT2D eigenvalue weighted by molar-refractivity contribution is 6.05. The Balaban J connectivity index is 1.80. The van der Waals surface area contributed by atoms with Crippen LogP contribution >= 0.6 is 0 Å². The van der Waals surface area contributed by atoms with Gasteiger partial charge in [0.2, 0.25) is 0 Å². The molecule has 27 heavy (non-hydrogen) atoms. The molecule has 3 aromatic rings. The standard InChI is InChI=1S/C22H24N4O/c1-15-10-11-19(24-18-8-5-9-20(13-18)26(2)3)14-21(15)25-22(27)16-6-4-7-17(23)12-16/h4-14,24H,23H2,1-3H3,(H,25,27). The smallest absolute Gasteiger partial charge is 0.255 e. The molecule has 5 heteroatoms. The third kappa shape index (κ3) is 4.58. The highest BCUT2D eigenvalue weighted by atomic mass is 16.1. The van der Waals surface area contributed by atoms with Gasteiger partial charge < -0.3 is 21.3 Å². The molecule has 3 aromatic carbocycles. The average molecular weight is 360 g/mol. The Hall–Kier alpha value is -3.47. The first kappa shape index (κ1) is 18.3. The second-order valence-electron chi connectivity index (χ2n) is 6.68. The SMILES string of the molecule is Cc1ccc(Nc2cccc(N(C)C)c2)cc1NC(=O)c1cccc(N)c1. The summed E-state index contributed by atoms with van der Waals surface area (Å²) in [6.07, 6.45) is 0. The van der Waals surface area contributed by atoms with Crippen LogP contribution in [0.15, 0.2) is 66.7 Å². The van der Waals surface area contributed by atoms with Crippen molar-refractivity contribution in [3.63, 3.8) is 0 Å². The summed E-state index contributed by atoms with van der Waals surface area (Å²) in [4.78, 5) is 14.6. The first-order valence-electron chi connectivity index (χ1n) is 8.74. The van der Waals surface area contributed by atoms with E-state index in [1.807, 2.05) is 51.4 Å². The molecule has 0 saturated heterocycles. The van der Waals surface area contributed by atoms with Crippen LogP contribution in [0.3, 0.4) is 0 Å². The maximum atomic E-state index is 12.5. The predicted octanol–water partition coefficient (Wildman–Crippen LogP) is 4.64. The molecule has 0 radical (unpaired) electrons. The molecule has 138 valence electrons. The zero-order valence-corrected chi connectivity index (χ0v) is 15.8. The first-order chi connectivity index (χ1) is 12.9. The number of nitrogen functional groups attached to an aromatic ring is 1. The number of hydrogen-bond donors (Lipinski definition) is 3. The van der Waals surface area contributed by atoms with Crippen LogP contribution in [0.25, 0.3) is 0 Å². The second kappa shape index (κ2) is 7.83. The lowest BCUT2D eigenvalue weighted by Gasteiger charge is -2.15. The summed E-state index contributed by atoms with van der Waals surface area (Å²) in [5.74, 6) is -0.183. The van der Waals surface area contributed by atoms with Gasteiger partial charge in [0.15, 0.2) is 0 Å². The fraction of sp³-hybridized carbons (Fsp3) is 0.136. The maximum absolute atomic E-state index is 12.5. The van der Waals surface area contributed by atoms with Crippen LogP contribution in [0.5, 0.6) is 0 Å². The fourth-order valence-corrected chi connectivity index (χ4v) is 2.74. The van der Waals surface area contributed by atoms with Gasteiger partial charge in [-0.05, 0) is 61.0 Å². The minimum absolute atomic E-state index is 0.183. The van der Waals surface area contributed by atoms with Crippen molar-refractivity contribution in [2.75, 3.05) is 35.4 Å². The lowest BCUT2D eigenvalue weighted by Crippen LogP contribution is -2.13. The number of benzene rings is 3. The molecular formula is C22H24N4O. The molecule has 0 aliphatic carbocycles. The molecule has 0 fully saturated rings. The van der Waals surface area contributed by atoms with Gasteiger partial charge in [-0.1, -0.05) is 18.2 Å². The summed E-state index contributed by atoms with van der Waals surface area (Å²) >= 11 is 0. The Morgan fingerprint density at radius 1 is 0.926 bits per heavy atom. The van der Waals surface area contributed by atoms with E-state index in [1.165, 1.54) is 0 Å². The van der Waals surface area contributed by atoms with Gasteiger partial charge in [0, 0.05) is 48.1 Å². The molecule has 0 aliphatic rings.